The smallest absolute Gasteiger partial charge is 0.339 e. The maximum Gasteiger partial charge on any atom is 0.339 e. The molecule has 0 aliphatic heterocycles. The first kappa shape index (κ1) is 12.5. The summed E-state index contributed by atoms with van der Waals surface area (Å²) < 4.78 is 4.69. The lowest BCUT2D eigenvalue weighted by atomic mass is 10.0. The van der Waals surface area contributed by atoms with Crippen LogP contribution in [0.15, 0.2) is 42.5 Å². The van der Waals surface area contributed by atoms with E-state index in [4.69, 9.17) is 17.3 Å². The molecule has 0 radical (unpaired) electrons. The minimum Gasteiger partial charge on any atom is -0.465 e. The fourth-order valence-electron chi connectivity index (χ4n) is 1.69. The van der Waals surface area contributed by atoms with Gasteiger partial charge >= 0.3 is 5.97 Å². The van der Waals surface area contributed by atoms with Gasteiger partial charge in [-0.15, -0.1) is 0 Å². The average Bonchev–Trinajstić information content (AvgIpc) is 2.38. The van der Waals surface area contributed by atoms with E-state index in [2.05, 4.69) is 4.74 Å². The second-order valence-electron chi connectivity index (χ2n) is 3.80. The van der Waals surface area contributed by atoms with E-state index in [0.29, 0.717) is 16.3 Å². The fraction of sp³-hybridized carbons (Fsp3) is 0.0714. The van der Waals surface area contributed by atoms with E-state index in [0.717, 1.165) is 11.1 Å². The molecule has 2 rings (SSSR count). The Bertz CT molecular complexity index is 596. The molecule has 0 aromatic heterocycles. The van der Waals surface area contributed by atoms with Crippen LogP contribution in [0.25, 0.3) is 11.1 Å². The van der Waals surface area contributed by atoms with Crippen LogP contribution in [-0.4, -0.2) is 13.1 Å². The first-order chi connectivity index (χ1) is 8.61. The molecule has 92 valence electrons. The highest BCUT2D eigenvalue weighted by Gasteiger charge is 2.11. The van der Waals surface area contributed by atoms with Gasteiger partial charge in [0.05, 0.1) is 12.7 Å². The van der Waals surface area contributed by atoms with Gasteiger partial charge in [-0.2, -0.15) is 0 Å². The molecule has 0 fully saturated rings. The van der Waals surface area contributed by atoms with Crippen molar-refractivity contribution in [3.63, 3.8) is 0 Å². The third-order valence-corrected chi connectivity index (χ3v) is 2.85. The Morgan fingerprint density at radius 3 is 2.56 bits per heavy atom. The molecule has 0 amide bonds. The Morgan fingerprint density at radius 2 is 1.89 bits per heavy atom. The van der Waals surface area contributed by atoms with Crippen molar-refractivity contribution in [2.75, 3.05) is 12.8 Å². The van der Waals surface area contributed by atoms with E-state index in [1.165, 1.54) is 7.11 Å². The average molecular weight is 262 g/mol. The summed E-state index contributed by atoms with van der Waals surface area (Å²) in [5, 5.41) is 0.643. The number of benzene rings is 2. The van der Waals surface area contributed by atoms with Crippen molar-refractivity contribution >= 4 is 23.3 Å². The van der Waals surface area contributed by atoms with Crippen molar-refractivity contribution in [3.8, 4) is 11.1 Å². The number of hydrogen-bond donors (Lipinski definition) is 1. The molecular weight excluding hydrogens is 250 g/mol. The zero-order valence-corrected chi connectivity index (χ0v) is 10.6. The number of carbonyl (C=O) groups is 1. The summed E-state index contributed by atoms with van der Waals surface area (Å²) in [6.07, 6.45) is 0. The minimum absolute atomic E-state index is 0.356. The summed E-state index contributed by atoms with van der Waals surface area (Å²) in [4.78, 5) is 11.6. The van der Waals surface area contributed by atoms with E-state index in [9.17, 15) is 4.79 Å². The third-order valence-electron chi connectivity index (χ3n) is 2.62. The van der Waals surface area contributed by atoms with Crippen LogP contribution in [0.5, 0.6) is 0 Å². The van der Waals surface area contributed by atoms with Crippen molar-refractivity contribution in [2.45, 2.75) is 0 Å². The summed E-state index contributed by atoms with van der Waals surface area (Å²) >= 11 is 5.94. The minimum atomic E-state index is -0.448. The van der Waals surface area contributed by atoms with Crippen molar-refractivity contribution < 1.29 is 9.53 Å². The highest BCUT2D eigenvalue weighted by molar-refractivity contribution is 6.30. The van der Waals surface area contributed by atoms with Gasteiger partial charge < -0.3 is 10.5 Å². The zero-order valence-electron chi connectivity index (χ0n) is 9.81. The lowest BCUT2D eigenvalue weighted by Crippen LogP contribution is -2.05. The van der Waals surface area contributed by atoms with Crippen LogP contribution in [0.1, 0.15) is 10.4 Å². The molecular formula is C14H12ClNO2. The fourth-order valence-corrected chi connectivity index (χ4v) is 1.88. The molecule has 0 heterocycles. The number of esters is 1. The summed E-state index contributed by atoms with van der Waals surface area (Å²) in [7, 11) is 1.33. The molecule has 0 aliphatic rings. The highest BCUT2D eigenvalue weighted by Crippen LogP contribution is 2.26. The summed E-state index contributed by atoms with van der Waals surface area (Å²) in [5.41, 5.74) is 8.29. The molecule has 0 unspecified atom stereocenters. The molecule has 2 aromatic carbocycles. The molecule has 0 bridgehead atoms. The van der Waals surface area contributed by atoms with Gasteiger partial charge in [0.2, 0.25) is 0 Å². The highest BCUT2D eigenvalue weighted by atomic mass is 35.5. The number of carbonyl (C=O) groups excluding carboxylic acids is 1. The first-order valence-corrected chi connectivity index (χ1v) is 5.73. The Morgan fingerprint density at radius 1 is 1.17 bits per heavy atom. The Labute approximate surface area is 110 Å². The normalized spacial score (nSPS) is 10.1. The molecule has 0 saturated heterocycles. The molecule has 0 atom stereocenters. The number of hydrogen-bond acceptors (Lipinski definition) is 3. The van der Waals surface area contributed by atoms with Gasteiger partial charge in [0.1, 0.15) is 0 Å². The molecule has 2 N–H and O–H groups in total. The molecule has 3 nitrogen and oxygen atoms in total. The number of methoxy groups -OCH3 is 1. The zero-order chi connectivity index (χ0) is 13.1. The van der Waals surface area contributed by atoms with Crippen molar-refractivity contribution in [3.05, 3.63) is 53.1 Å². The van der Waals surface area contributed by atoms with Crippen LogP contribution in [0.4, 0.5) is 5.69 Å². The molecule has 4 heteroatoms. The van der Waals surface area contributed by atoms with Gasteiger partial charge in [-0.1, -0.05) is 29.8 Å². The van der Waals surface area contributed by atoms with Crippen molar-refractivity contribution in [1.82, 2.24) is 0 Å². The van der Waals surface area contributed by atoms with Gasteiger partial charge in [-0.3, -0.25) is 0 Å². The van der Waals surface area contributed by atoms with Crippen LogP contribution < -0.4 is 5.73 Å². The second kappa shape index (κ2) is 5.10. The predicted octanol–water partition coefficient (Wildman–Crippen LogP) is 3.38. The maximum atomic E-state index is 11.6. The topological polar surface area (TPSA) is 52.3 Å². The number of ether oxygens (including phenoxy) is 1. The number of rotatable bonds is 2. The molecule has 0 aliphatic carbocycles. The van der Waals surface area contributed by atoms with Gasteiger partial charge in [0.25, 0.3) is 0 Å². The lowest BCUT2D eigenvalue weighted by Gasteiger charge is -2.07. The van der Waals surface area contributed by atoms with Crippen LogP contribution in [0.2, 0.25) is 5.02 Å². The Kier molecular flexibility index (Phi) is 3.53. The van der Waals surface area contributed by atoms with E-state index < -0.39 is 5.97 Å². The van der Waals surface area contributed by atoms with Crippen LogP contribution in [-0.2, 0) is 4.74 Å². The predicted molar refractivity (Wildman–Crippen MR) is 72.6 cm³/mol. The summed E-state index contributed by atoms with van der Waals surface area (Å²) in [6.45, 7) is 0. The van der Waals surface area contributed by atoms with Crippen molar-refractivity contribution in [2.24, 2.45) is 0 Å². The molecule has 0 saturated carbocycles. The van der Waals surface area contributed by atoms with Gasteiger partial charge in [-0.05, 0) is 35.4 Å². The Balaban J connectivity index is 2.50. The monoisotopic (exact) mass is 261 g/mol. The summed E-state index contributed by atoms with van der Waals surface area (Å²) in [6, 6.07) is 12.6. The van der Waals surface area contributed by atoms with E-state index in [1.807, 2.05) is 24.3 Å². The number of nitrogens with two attached hydrogens (primary N) is 1. The van der Waals surface area contributed by atoms with E-state index in [1.54, 1.807) is 18.2 Å². The first-order valence-electron chi connectivity index (χ1n) is 5.35. The SMILES string of the molecule is COC(=O)c1cc(-c2cccc(Cl)c2)ccc1N. The summed E-state index contributed by atoms with van der Waals surface area (Å²) in [5.74, 6) is -0.448. The van der Waals surface area contributed by atoms with E-state index in [-0.39, 0.29) is 0 Å². The van der Waals surface area contributed by atoms with Gasteiger partial charge in [0.15, 0.2) is 0 Å². The Hall–Kier alpha value is -2.00. The largest absolute Gasteiger partial charge is 0.465 e. The second-order valence-corrected chi connectivity index (χ2v) is 4.24. The van der Waals surface area contributed by atoms with Crippen molar-refractivity contribution in [1.29, 1.82) is 0 Å². The maximum absolute atomic E-state index is 11.6. The van der Waals surface area contributed by atoms with Gasteiger partial charge in [-0.25, -0.2) is 4.79 Å². The van der Waals surface area contributed by atoms with E-state index >= 15 is 0 Å². The van der Waals surface area contributed by atoms with Gasteiger partial charge in [0, 0.05) is 10.7 Å². The lowest BCUT2D eigenvalue weighted by molar-refractivity contribution is 0.0602. The molecule has 0 spiro atoms. The standard InChI is InChI=1S/C14H12ClNO2/c1-18-14(17)12-8-10(5-6-13(12)16)9-3-2-4-11(15)7-9/h2-8H,16H2,1H3. The number of nitrogen functional groups attached to an aromatic ring is 1. The van der Waals surface area contributed by atoms with Crippen LogP contribution in [0.3, 0.4) is 0 Å². The van der Waals surface area contributed by atoms with Crippen LogP contribution in [0, 0.1) is 0 Å². The quantitative estimate of drug-likeness (QED) is 0.666. The molecule has 18 heavy (non-hydrogen) atoms. The number of halogens is 1. The third kappa shape index (κ3) is 2.46. The van der Waals surface area contributed by atoms with Crippen LogP contribution >= 0.6 is 11.6 Å². The number of anilines is 1. The molecule has 2 aromatic rings.